The van der Waals surface area contributed by atoms with Gasteiger partial charge >= 0.3 is 0 Å². The molecule has 15 heavy (non-hydrogen) atoms. The summed E-state index contributed by atoms with van der Waals surface area (Å²) < 4.78 is 0. The SMILES string of the molecule is Cc1nc(Cc2ccc(Cl)cc2)[nH]c1C. The minimum atomic E-state index is 0.769. The van der Waals surface area contributed by atoms with Gasteiger partial charge in [0.1, 0.15) is 5.82 Å². The van der Waals surface area contributed by atoms with E-state index in [2.05, 4.69) is 9.97 Å². The van der Waals surface area contributed by atoms with Crippen molar-refractivity contribution in [3.63, 3.8) is 0 Å². The molecule has 0 unspecified atom stereocenters. The minimum Gasteiger partial charge on any atom is -0.346 e. The molecule has 0 fully saturated rings. The van der Waals surface area contributed by atoms with Crippen LogP contribution in [0.15, 0.2) is 24.3 Å². The van der Waals surface area contributed by atoms with E-state index in [4.69, 9.17) is 11.6 Å². The molecule has 1 aromatic heterocycles. The fraction of sp³-hybridized carbons (Fsp3) is 0.250. The highest BCUT2D eigenvalue weighted by Gasteiger charge is 2.03. The first-order valence-corrected chi connectivity index (χ1v) is 5.29. The number of aromatic nitrogens is 2. The van der Waals surface area contributed by atoms with Crippen molar-refractivity contribution in [2.45, 2.75) is 20.3 Å². The van der Waals surface area contributed by atoms with Crippen LogP contribution in [0.3, 0.4) is 0 Å². The second-order valence-corrected chi connectivity index (χ2v) is 4.13. The first-order valence-electron chi connectivity index (χ1n) is 4.91. The fourth-order valence-electron chi connectivity index (χ4n) is 1.50. The average molecular weight is 221 g/mol. The van der Waals surface area contributed by atoms with Crippen LogP contribution in [0.4, 0.5) is 0 Å². The topological polar surface area (TPSA) is 28.7 Å². The van der Waals surface area contributed by atoms with Gasteiger partial charge in [-0.3, -0.25) is 0 Å². The van der Waals surface area contributed by atoms with Crippen LogP contribution in [0.5, 0.6) is 0 Å². The lowest BCUT2D eigenvalue weighted by atomic mass is 10.1. The normalized spacial score (nSPS) is 10.6. The molecule has 2 rings (SSSR count). The number of nitrogens with one attached hydrogen (secondary N) is 1. The summed E-state index contributed by atoms with van der Waals surface area (Å²) in [6, 6.07) is 7.85. The van der Waals surface area contributed by atoms with Crippen molar-refractivity contribution in [2.75, 3.05) is 0 Å². The second-order valence-electron chi connectivity index (χ2n) is 3.70. The van der Waals surface area contributed by atoms with E-state index in [0.717, 1.165) is 28.7 Å². The molecule has 1 heterocycles. The van der Waals surface area contributed by atoms with Crippen molar-refractivity contribution < 1.29 is 0 Å². The molecule has 0 radical (unpaired) electrons. The molecule has 3 heteroatoms. The lowest BCUT2D eigenvalue weighted by Gasteiger charge is -1.98. The Hall–Kier alpha value is -1.28. The van der Waals surface area contributed by atoms with Gasteiger partial charge in [0.15, 0.2) is 0 Å². The van der Waals surface area contributed by atoms with Crippen LogP contribution in [0.25, 0.3) is 0 Å². The molecule has 2 nitrogen and oxygen atoms in total. The van der Waals surface area contributed by atoms with Gasteiger partial charge in [0, 0.05) is 17.1 Å². The molecule has 0 atom stereocenters. The number of hydrogen-bond donors (Lipinski definition) is 1. The van der Waals surface area contributed by atoms with Crippen LogP contribution < -0.4 is 0 Å². The molecule has 0 aliphatic rings. The Kier molecular flexibility index (Phi) is 2.78. The molecule has 0 aliphatic carbocycles. The van der Waals surface area contributed by atoms with Gasteiger partial charge in [-0.05, 0) is 31.5 Å². The summed E-state index contributed by atoms with van der Waals surface area (Å²) in [5.41, 5.74) is 3.42. The minimum absolute atomic E-state index is 0.769. The Balaban J connectivity index is 2.18. The molecular weight excluding hydrogens is 208 g/mol. The highest BCUT2D eigenvalue weighted by molar-refractivity contribution is 6.30. The molecule has 1 N–H and O–H groups in total. The smallest absolute Gasteiger partial charge is 0.110 e. The van der Waals surface area contributed by atoms with Gasteiger partial charge in [-0.25, -0.2) is 4.98 Å². The van der Waals surface area contributed by atoms with Crippen molar-refractivity contribution in [1.82, 2.24) is 9.97 Å². The van der Waals surface area contributed by atoms with E-state index in [1.54, 1.807) is 0 Å². The van der Waals surface area contributed by atoms with Gasteiger partial charge in [-0.1, -0.05) is 23.7 Å². The number of hydrogen-bond acceptors (Lipinski definition) is 1. The predicted octanol–water partition coefficient (Wildman–Crippen LogP) is 3.27. The lowest BCUT2D eigenvalue weighted by molar-refractivity contribution is 1.01. The van der Waals surface area contributed by atoms with Crippen LogP contribution in [-0.2, 0) is 6.42 Å². The highest BCUT2D eigenvalue weighted by atomic mass is 35.5. The van der Waals surface area contributed by atoms with Crippen molar-refractivity contribution >= 4 is 11.6 Å². The van der Waals surface area contributed by atoms with E-state index in [9.17, 15) is 0 Å². The second kappa shape index (κ2) is 4.07. The Bertz CT molecular complexity index is 437. The number of nitrogens with zero attached hydrogens (tertiary/aromatic N) is 1. The molecule has 2 aromatic rings. The summed E-state index contributed by atoms with van der Waals surface area (Å²) in [6.45, 7) is 4.05. The van der Waals surface area contributed by atoms with E-state index in [1.807, 2.05) is 38.1 Å². The standard InChI is InChI=1S/C12H13ClN2/c1-8-9(2)15-12(14-8)7-10-3-5-11(13)6-4-10/h3-6H,7H2,1-2H3,(H,14,15). The maximum Gasteiger partial charge on any atom is 0.110 e. The Morgan fingerprint density at radius 1 is 1.20 bits per heavy atom. The number of halogens is 1. The van der Waals surface area contributed by atoms with Crippen LogP contribution in [-0.4, -0.2) is 9.97 Å². The van der Waals surface area contributed by atoms with Crippen molar-refractivity contribution in [3.8, 4) is 0 Å². The number of imidazole rings is 1. The summed E-state index contributed by atoms with van der Waals surface area (Å²) in [7, 11) is 0. The Labute approximate surface area is 94.3 Å². The molecule has 0 saturated carbocycles. The maximum absolute atomic E-state index is 5.82. The van der Waals surface area contributed by atoms with Gasteiger partial charge < -0.3 is 4.98 Å². The van der Waals surface area contributed by atoms with E-state index in [0.29, 0.717) is 0 Å². The van der Waals surface area contributed by atoms with Crippen LogP contribution in [0, 0.1) is 13.8 Å². The van der Waals surface area contributed by atoms with E-state index in [-0.39, 0.29) is 0 Å². The summed E-state index contributed by atoms with van der Waals surface area (Å²) >= 11 is 5.82. The number of aryl methyl sites for hydroxylation is 2. The number of H-pyrrole nitrogens is 1. The van der Waals surface area contributed by atoms with Crippen LogP contribution in [0.1, 0.15) is 22.8 Å². The first-order chi connectivity index (χ1) is 7.15. The van der Waals surface area contributed by atoms with Gasteiger partial charge in [-0.15, -0.1) is 0 Å². The molecule has 0 bridgehead atoms. The Morgan fingerprint density at radius 3 is 2.40 bits per heavy atom. The summed E-state index contributed by atoms with van der Waals surface area (Å²) in [5.74, 6) is 1.01. The average Bonchev–Trinajstić information content (AvgIpc) is 2.50. The summed E-state index contributed by atoms with van der Waals surface area (Å²) in [4.78, 5) is 7.70. The molecule has 0 spiro atoms. The van der Waals surface area contributed by atoms with Crippen molar-refractivity contribution in [1.29, 1.82) is 0 Å². The van der Waals surface area contributed by atoms with Gasteiger partial charge in [0.05, 0.1) is 5.69 Å². The fourth-order valence-corrected chi connectivity index (χ4v) is 1.63. The quantitative estimate of drug-likeness (QED) is 0.827. The number of rotatable bonds is 2. The largest absolute Gasteiger partial charge is 0.346 e. The highest BCUT2D eigenvalue weighted by Crippen LogP contribution is 2.13. The molecule has 0 saturated heterocycles. The van der Waals surface area contributed by atoms with Gasteiger partial charge in [0.2, 0.25) is 0 Å². The van der Waals surface area contributed by atoms with Crippen molar-refractivity contribution in [2.24, 2.45) is 0 Å². The summed E-state index contributed by atoms with van der Waals surface area (Å²) in [6.07, 6.45) is 0.825. The van der Waals surface area contributed by atoms with E-state index in [1.165, 1.54) is 5.56 Å². The third kappa shape index (κ3) is 2.39. The molecule has 78 valence electrons. The predicted molar refractivity (Wildman–Crippen MR) is 62.3 cm³/mol. The molecular formula is C12H13ClN2. The third-order valence-corrected chi connectivity index (χ3v) is 2.71. The van der Waals surface area contributed by atoms with Crippen LogP contribution >= 0.6 is 11.6 Å². The van der Waals surface area contributed by atoms with Crippen molar-refractivity contribution in [3.05, 3.63) is 52.1 Å². The third-order valence-electron chi connectivity index (χ3n) is 2.46. The Morgan fingerprint density at radius 2 is 1.87 bits per heavy atom. The maximum atomic E-state index is 5.82. The zero-order valence-electron chi connectivity index (χ0n) is 8.84. The van der Waals surface area contributed by atoms with Gasteiger partial charge in [0.25, 0.3) is 0 Å². The molecule has 0 amide bonds. The molecule has 0 aliphatic heterocycles. The zero-order valence-corrected chi connectivity index (χ0v) is 9.60. The van der Waals surface area contributed by atoms with Gasteiger partial charge in [-0.2, -0.15) is 0 Å². The monoisotopic (exact) mass is 220 g/mol. The number of aromatic amines is 1. The van der Waals surface area contributed by atoms with E-state index >= 15 is 0 Å². The number of benzene rings is 1. The van der Waals surface area contributed by atoms with E-state index < -0.39 is 0 Å². The van der Waals surface area contributed by atoms with Crippen LogP contribution in [0.2, 0.25) is 5.02 Å². The molecule has 1 aromatic carbocycles. The zero-order chi connectivity index (χ0) is 10.8. The summed E-state index contributed by atoms with van der Waals surface area (Å²) in [5, 5.41) is 0.769. The lowest BCUT2D eigenvalue weighted by Crippen LogP contribution is -1.90. The first kappa shape index (κ1) is 10.2.